The summed E-state index contributed by atoms with van der Waals surface area (Å²) < 4.78 is 5.06. The van der Waals surface area contributed by atoms with E-state index in [0.29, 0.717) is 31.3 Å². The van der Waals surface area contributed by atoms with Crippen LogP contribution in [-0.4, -0.2) is 53.8 Å². The molecule has 5 nitrogen and oxygen atoms in total. The summed E-state index contributed by atoms with van der Waals surface area (Å²) in [5.41, 5.74) is 1.18. The van der Waals surface area contributed by atoms with Gasteiger partial charge >= 0.3 is 0 Å². The van der Waals surface area contributed by atoms with Crippen LogP contribution in [0.2, 0.25) is 0 Å². The predicted molar refractivity (Wildman–Crippen MR) is 78.8 cm³/mol. The average molecular weight is 288 g/mol. The first kappa shape index (κ1) is 15.5. The molecule has 21 heavy (non-hydrogen) atoms. The molecular weight excluding hydrogens is 268 g/mol. The van der Waals surface area contributed by atoms with Gasteiger partial charge in [0.2, 0.25) is 0 Å². The summed E-state index contributed by atoms with van der Waals surface area (Å²) in [6.07, 6.45) is 4.15. The summed E-state index contributed by atoms with van der Waals surface area (Å²) in [5, 5.41) is 8.67. The number of nitrogens with zero attached hydrogens (tertiary/aromatic N) is 2. The molecule has 1 fully saturated rings. The largest absolute Gasteiger partial charge is 0.395 e. The molecule has 1 aliphatic rings. The van der Waals surface area contributed by atoms with Crippen LogP contribution in [0.3, 0.4) is 0 Å². The molecule has 0 radical (unpaired) electrons. The zero-order valence-corrected chi connectivity index (χ0v) is 12.2. The van der Waals surface area contributed by atoms with E-state index in [1.165, 1.54) is 0 Å². The van der Waals surface area contributed by atoms with Crippen LogP contribution in [0.25, 0.3) is 0 Å². The number of aliphatic hydroxyl groups is 1. The van der Waals surface area contributed by atoms with Crippen LogP contribution in [0.1, 0.15) is 35.3 Å². The Morgan fingerprint density at radius 1 is 1.52 bits per heavy atom. The lowest BCUT2D eigenvalue weighted by Crippen LogP contribution is -2.36. The van der Waals surface area contributed by atoms with E-state index in [1.807, 2.05) is 4.90 Å². The molecule has 0 unspecified atom stereocenters. The second-order valence-corrected chi connectivity index (χ2v) is 4.93. The van der Waals surface area contributed by atoms with Gasteiger partial charge in [-0.05, 0) is 25.0 Å². The molecule has 0 atom stereocenters. The van der Waals surface area contributed by atoms with Crippen molar-refractivity contribution < 1.29 is 14.6 Å². The van der Waals surface area contributed by atoms with Gasteiger partial charge in [0.05, 0.1) is 13.2 Å². The second kappa shape index (κ2) is 7.77. The van der Waals surface area contributed by atoms with Gasteiger partial charge < -0.3 is 14.7 Å². The van der Waals surface area contributed by atoms with E-state index in [4.69, 9.17) is 9.84 Å². The zero-order valence-electron chi connectivity index (χ0n) is 12.2. The summed E-state index contributed by atoms with van der Waals surface area (Å²) in [5.74, 6) is 5.67. The smallest absolute Gasteiger partial charge is 0.272 e. The third-order valence-electron chi connectivity index (χ3n) is 3.24. The molecule has 1 heterocycles. The van der Waals surface area contributed by atoms with Crippen LogP contribution < -0.4 is 0 Å². The van der Waals surface area contributed by atoms with Gasteiger partial charge in [0.1, 0.15) is 5.69 Å². The van der Waals surface area contributed by atoms with Gasteiger partial charge in [-0.2, -0.15) is 0 Å². The number of hydrogen-bond donors (Lipinski definition) is 1. The summed E-state index contributed by atoms with van der Waals surface area (Å²) in [4.78, 5) is 18.5. The quantitative estimate of drug-likeness (QED) is 0.795. The van der Waals surface area contributed by atoms with Crippen molar-refractivity contribution in [3.63, 3.8) is 0 Å². The molecule has 1 saturated carbocycles. The summed E-state index contributed by atoms with van der Waals surface area (Å²) in [7, 11) is 1.63. The second-order valence-electron chi connectivity index (χ2n) is 4.93. The number of aliphatic hydroxyl groups excluding tert-OH is 1. The predicted octanol–water partition coefficient (Wildman–Crippen LogP) is 1.07. The van der Waals surface area contributed by atoms with E-state index in [0.717, 1.165) is 18.4 Å². The first-order valence-corrected chi connectivity index (χ1v) is 7.12. The number of rotatable bonds is 6. The highest BCUT2D eigenvalue weighted by Gasteiger charge is 2.33. The van der Waals surface area contributed by atoms with E-state index in [2.05, 4.69) is 16.8 Å². The number of hydrogen-bond acceptors (Lipinski definition) is 4. The topological polar surface area (TPSA) is 62.7 Å². The van der Waals surface area contributed by atoms with Crippen molar-refractivity contribution in [2.75, 3.05) is 26.9 Å². The Morgan fingerprint density at radius 3 is 2.90 bits per heavy atom. The van der Waals surface area contributed by atoms with Gasteiger partial charge in [0, 0.05) is 37.9 Å². The van der Waals surface area contributed by atoms with Crippen LogP contribution in [-0.2, 0) is 4.74 Å². The monoisotopic (exact) mass is 288 g/mol. The van der Waals surface area contributed by atoms with E-state index in [-0.39, 0.29) is 12.5 Å². The van der Waals surface area contributed by atoms with Gasteiger partial charge in [0.15, 0.2) is 0 Å². The minimum atomic E-state index is -0.0515. The van der Waals surface area contributed by atoms with Crippen LogP contribution in [0, 0.1) is 11.8 Å². The van der Waals surface area contributed by atoms with Crippen molar-refractivity contribution in [2.45, 2.75) is 25.3 Å². The maximum absolute atomic E-state index is 12.4. The molecule has 0 spiro atoms. The summed E-state index contributed by atoms with van der Waals surface area (Å²) in [6.45, 7) is 1.18. The van der Waals surface area contributed by atoms with E-state index in [9.17, 15) is 4.79 Å². The van der Waals surface area contributed by atoms with Crippen LogP contribution in [0.5, 0.6) is 0 Å². The maximum atomic E-state index is 12.4. The molecule has 0 aromatic carbocycles. The van der Waals surface area contributed by atoms with Gasteiger partial charge in [-0.1, -0.05) is 11.8 Å². The Bertz CT molecular complexity index is 527. The molecule has 1 aromatic heterocycles. The standard InChI is InChI=1S/C16H20N2O3/c1-21-11-9-18(14-6-7-14)16(20)15-8-5-13(12-17-15)4-2-3-10-19/h5,8,12,14,19H,3,6-7,9-11H2,1H3. The van der Waals surface area contributed by atoms with Crippen molar-refractivity contribution in [1.29, 1.82) is 0 Å². The third-order valence-corrected chi connectivity index (χ3v) is 3.24. The Labute approximate surface area is 124 Å². The Hall–Kier alpha value is -1.90. The third kappa shape index (κ3) is 4.55. The Morgan fingerprint density at radius 2 is 2.33 bits per heavy atom. The molecule has 112 valence electrons. The number of pyridine rings is 1. The molecule has 1 N–H and O–H groups in total. The van der Waals surface area contributed by atoms with Crippen LogP contribution >= 0.6 is 0 Å². The molecule has 2 rings (SSSR count). The van der Waals surface area contributed by atoms with Gasteiger partial charge in [-0.15, -0.1) is 0 Å². The molecule has 0 saturated heterocycles. The van der Waals surface area contributed by atoms with Gasteiger partial charge in [-0.3, -0.25) is 4.79 Å². The van der Waals surface area contributed by atoms with Crippen molar-refractivity contribution in [3.05, 3.63) is 29.6 Å². The molecule has 1 amide bonds. The maximum Gasteiger partial charge on any atom is 0.272 e. The number of carbonyl (C=O) groups is 1. The van der Waals surface area contributed by atoms with Gasteiger partial charge in [-0.25, -0.2) is 4.98 Å². The first-order valence-electron chi connectivity index (χ1n) is 7.12. The minimum Gasteiger partial charge on any atom is -0.395 e. The number of methoxy groups -OCH3 is 1. The van der Waals surface area contributed by atoms with E-state index in [1.54, 1.807) is 25.4 Å². The highest BCUT2D eigenvalue weighted by Crippen LogP contribution is 2.27. The van der Waals surface area contributed by atoms with Crippen molar-refractivity contribution in [1.82, 2.24) is 9.88 Å². The first-order chi connectivity index (χ1) is 10.3. The lowest BCUT2D eigenvalue weighted by Gasteiger charge is -2.21. The normalized spacial score (nSPS) is 13.4. The van der Waals surface area contributed by atoms with Gasteiger partial charge in [0.25, 0.3) is 5.91 Å². The average Bonchev–Trinajstić information content (AvgIpc) is 3.33. The van der Waals surface area contributed by atoms with E-state index < -0.39 is 0 Å². The van der Waals surface area contributed by atoms with E-state index >= 15 is 0 Å². The highest BCUT2D eigenvalue weighted by molar-refractivity contribution is 5.92. The Balaban J connectivity index is 2.03. The lowest BCUT2D eigenvalue weighted by molar-refractivity contribution is 0.0674. The van der Waals surface area contributed by atoms with Crippen LogP contribution in [0.4, 0.5) is 0 Å². The van der Waals surface area contributed by atoms with Crippen LogP contribution in [0.15, 0.2) is 18.3 Å². The highest BCUT2D eigenvalue weighted by atomic mass is 16.5. The number of aromatic nitrogens is 1. The molecule has 0 aliphatic heterocycles. The van der Waals surface area contributed by atoms with Crippen molar-refractivity contribution in [3.8, 4) is 11.8 Å². The Kier molecular flexibility index (Phi) is 5.73. The SMILES string of the molecule is COCCN(C(=O)c1ccc(C#CCCO)cn1)C1CC1. The summed E-state index contributed by atoms with van der Waals surface area (Å²) >= 11 is 0. The summed E-state index contributed by atoms with van der Waals surface area (Å²) in [6, 6.07) is 3.82. The molecule has 1 aliphatic carbocycles. The molecule has 5 heteroatoms. The number of ether oxygens (including phenoxy) is 1. The number of carbonyl (C=O) groups excluding carboxylic acids is 1. The fourth-order valence-electron chi connectivity index (χ4n) is 1.99. The zero-order chi connectivity index (χ0) is 15.1. The van der Waals surface area contributed by atoms with Crippen molar-refractivity contribution >= 4 is 5.91 Å². The molecular formula is C16H20N2O3. The molecule has 1 aromatic rings. The minimum absolute atomic E-state index is 0.0485. The fraction of sp³-hybridized carbons (Fsp3) is 0.500. The lowest BCUT2D eigenvalue weighted by atomic mass is 10.2. The van der Waals surface area contributed by atoms with Crippen molar-refractivity contribution in [2.24, 2.45) is 0 Å². The molecule has 0 bridgehead atoms. The number of amides is 1. The fourth-order valence-corrected chi connectivity index (χ4v) is 1.99.